The van der Waals surface area contributed by atoms with Crippen LogP contribution in [0.15, 0.2) is 0 Å². The van der Waals surface area contributed by atoms with Crippen molar-refractivity contribution in [2.75, 3.05) is 6.61 Å². The van der Waals surface area contributed by atoms with Crippen LogP contribution in [0.2, 0.25) is 0 Å². The molecule has 2 atom stereocenters. The highest BCUT2D eigenvalue weighted by molar-refractivity contribution is 5.92. The summed E-state index contributed by atoms with van der Waals surface area (Å²) < 4.78 is 0. The molecule has 2 saturated carbocycles. The quantitative estimate of drug-likeness (QED) is 0.728. The van der Waals surface area contributed by atoms with Crippen molar-refractivity contribution >= 4 is 11.9 Å². The van der Waals surface area contributed by atoms with Crippen molar-refractivity contribution < 1.29 is 19.8 Å². The van der Waals surface area contributed by atoms with E-state index >= 15 is 0 Å². The van der Waals surface area contributed by atoms with E-state index < -0.39 is 28.8 Å². The summed E-state index contributed by atoms with van der Waals surface area (Å²) >= 11 is 0. The maximum atomic E-state index is 12.4. The Hall–Kier alpha value is -1.10. The van der Waals surface area contributed by atoms with Crippen LogP contribution in [-0.4, -0.2) is 34.2 Å². The summed E-state index contributed by atoms with van der Waals surface area (Å²) in [6.07, 6.45) is 3.50. The van der Waals surface area contributed by atoms with Gasteiger partial charge < -0.3 is 15.5 Å². The summed E-state index contributed by atoms with van der Waals surface area (Å²) in [6.45, 7) is 5.72. The van der Waals surface area contributed by atoms with Gasteiger partial charge in [-0.2, -0.15) is 0 Å². The molecule has 1 amide bonds. The van der Waals surface area contributed by atoms with Crippen molar-refractivity contribution in [2.24, 2.45) is 23.2 Å². The summed E-state index contributed by atoms with van der Waals surface area (Å²) in [5.41, 5.74) is -1.04. The van der Waals surface area contributed by atoms with Crippen molar-refractivity contribution in [1.29, 1.82) is 0 Å². The summed E-state index contributed by atoms with van der Waals surface area (Å²) in [7, 11) is 0. The van der Waals surface area contributed by atoms with Crippen molar-refractivity contribution in [3.8, 4) is 0 Å². The number of nitrogens with one attached hydrogen (secondary N) is 1. The Bertz CT molecular complexity index is 410. The molecule has 2 aliphatic rings. The predicted octanol–water partition coefficient (Wildman–Crippen LogP) is 1.40. The van der Waals surface area contributed by atoms with Crippen LogP contribution in [0, 0.1) is 23.2 Å². The van der Waals surface area contributed by atoms with Crippen LogP contribution in [0.5, 0.6) is 0 Å². The SMILES string of the molecule is CC1CCC(CO)(NC(=O)C2C(C(=O)O)C2(C)C)CC1. The Balaban J connectivity index is 2.02. The molecule has 0 spiro atoms. The van der Waals surface area contributed by atoms with E-state index in [9.17, 15) is 14.7 Å². The minimum atomic E-state index is -0.912. The van der Waals surface area contributed by atoms with Crippen molar-refractivity contribution in [1.82, 2.24) is 5.32 Å². The zero-order chi connectivity index (χ0) is 15.1. The maximum absolute atomic E-state index is 12.4. The fourth-order valence-corrected chi connectivity index (χ4v) is 3.56. The molecule has 5 nitrogen and oxygen atoms in total. The van der Waals surface area contributed by atoms with E-state index in [0.29, 0.717) is 5.92 Å². The normalized spacial score (nSPS) is 39.1. The Morgan fingerprint density at radius 1 is 1.20 bits per heavy atom. The first kappa shape index (κ1) is 15.3. The molecule has 5 heteroatoms. The van der Waals surface area contributed by atoms with Gasteiger partial charge >= 0.3 is 5.97 Å². The molecule has 0 radical (unpaired) electrons. The highest BCUT2D eigenvalue weighted by Crippen LogP contribution is 2.58. The molecule has 0 aromatic rings. The van der Waals surface area contributed by atoms with Gasteiger partial charge in [0, 0.05) is 0 Å². The number of carbonyl (C=O) groups is 2. The second-order valence-electron chi connectivity index (χ2n) is 7.23. The van der Waals surface area contributed by atoms with Crippen LogP contribution in [0.4, 0.5) is 0 Å². The van der Waals surface area contributed by atoms with Gasteiger partial charge in [-0.05, 0) is 37.0 Å². The van der Waals surface area contributed by atoms with Crippen molar-refractivity contribution in [3.05, 3.63) is 0 Å². The minimum absolute atomic E-state index is 0.0731. The van der Waals surface area contributed by atoms with E-state index in [4.69, 9.17) is 5.11 Å². The van der Waals surface area contributed by atoms with Gasteiger partial charge in [0.25, 0.3) is 0 Å². The van der Waals surface area contributed by atoms with Gasteiger partial charge in [0.15, 0.2) is 0 Å². The van der Waals surface area contributed by atoms with E-state index in [1.54, 1.807) is 0 Å². The number of amides is 1. The molecule has 0 aromatic heterocycles. The van der Waals surface area contributed by atoms with Gasteiger partial charge in [0.1, 0.15) is 0 Å². The highest BCUT2D eigenvalue weighted by Gasteiger charge is 2.66. The smallest absolute Gasteiger partial charge is 0.307 e. The number of carboxylic acid groups (broad SMARTS) is 1. The zero-order valence-electron chi connectivity index (χ0n) is 12.5. The summed E-state index contributed by atoms with van der Waals surface area (Å²) in [5.74, 6) is -1.60. The molecule has 0 heterocycles. The van der Waals surface area contributed by atoms with Crippen LogP contribution in [0.3, 0.4) is 0 Å². The van der Waals surface area contributed by atoms with Gasteiger partial charge in [-0.25, -0.2) is 0 Å². The van der Waals surface area contributed by atoms with E-state index in [0.717, 1.165) is 25.7 Å². The molecule has 114 valence electrons. The Morgan fingerprint density at radius 3 is 2.15 bits per heavy atom. The summed E-state index contributed by atoms with van der Waals surface area (Å²) in [4.78, 5) is 23.5. The van der Waals surface area contributed by atoms with Crippen LogP contribution < -0.4 is 5.32 Å². The molecule has 20 heavy (non-hydrogen) atoms. The van der Waals surface area contributed by atoms with Gasteiger partial charge in [-0.3, -0.25) is 9.59 Å². The molecular weight excluding hydrogens is 258 g/mol. The second kappa shape index (κ2) is 5.02. The van der Waals surface area contributed by atoms with E-state index in [1.165, 1.54) is 0 Å². The van der Waals surface area contributed by atoms with Gasteiger partial charge in [-0.1, -0.05) is 20.8 Å². The number of hydrogen-bond donors (Lipinski definition) is 3. The molecule has 2 fully saturated rings. The van der Waals surface area contributed by atoms with Gasteiger partial charge in [0.2, 0.25) is 5.91 Å². The third-order valence-corrected chi connectivity index (χ3v) is 5.30. The maximum Gasteiger partial charge on any atom is 0.307 e. The average Bonchev–Trinajstić information content (AvgIpc) is 2.96. The molecular formula is C15H25NO4. The molecule has 0 saturated heterocycles. The average molecular weight is 283 g/mol. The lowest BCUT2D eigenvalue weighted by atomic mass is 9.77. The first-order valence-corrected chi connectivity index (χ1v) is 7.39. The van der Waals surface area contributed by atoms with E-state index in [2.05, 4.69) is 12.2 Å². The first-order chi connectivity index (χ1) is 9.23. The third-order valence-electron chi connectivity index (χ3n) is 5.30. The lowest BCUT2D eigenvalue weighted by molar-refractivity contribution is -0.140. The summed E-state index contributed by atoms with van der Waals surface area (Å²) in [6, 6.07) is 0. The predicted molar refractivity (Wildman–Crippen MR) is 74.0 cm³/mol. The van der Waals surface area contributed by atoms with Crippen LogP contribution in [-0.2, 0) is 9.59 Å². The Labute approximate surface area is 119 Å². The number of carbonyl (C=O) groups excluding carboxylic acids is 1. The van der Waals surface area contributed by atoms with Crippen LogP contribution >= 0.6 is 0 Å². The standard InChI is InChI=1S/C15H25NO4/c1-9-4-6-15(8-17,7-5-9)16-12(18)10-11(13(19)20)14(10,2)3/h9-11,17H,4-8H2,1-3H3,(H,16,18)(H,19,20). The van der Waals surface area contributed by atoms with Crippen molar-refractivity contribution in [2.45, 2.75) is 52.0 Å². The molecule has 2 rings (SSSR count). The summed E-state index contributed by atoms with van der Waals surface area (Å²) in [5, 5.41) is 21.7. The van der Waals surface area contributed by atoms with Crippen LogP contribution in [0.1, 0.15) is 46.5 Å². The number of aliphatic hydroxyl groups excluding tert-OH is 1. The van der Waals surface area contributed by atoms with E-state index in [1.807, 2.05) is 13.8 Å². The Morgan fingerprint density at radius 2 is 1.75 bits per heavy atom. The number of aliphatic carboxylic acids is 1. The highest BCUT2D eigenvalue weighted by atomic mass is 16.4. The number of carboxylic acids is 1. The minimum Gasteiger partial charge on any atom is -0.481 e. The van der Waals surface area contributed by atoms with Gasteiger partial charge in [0.05, 0.1) is 24.0 Å². The van der Waals surface area contributed by atoms with Gasteiger partial charge in [-0.15, -0.1) is 0 Å². The molecule has 0 aliphatic heterocycles. The number of hydrogen-bond acceptors (Lipinski definition) is 3. The molecule has 0 aromatic carbocycles. The molecule has 0 bridgehead atoms. The largest absolute Gasteiger partial charge is 0.481 e. The Kier molecular flexibility index (Phi) is 3.84. The molecule has 3 N–H and O–H groups in total. The van der Waals surface area contributed by atoms with E-state index in [-0.39, 0.29) is 12.5 Å². The topological polar surface area (TPSA) is 86.6 Å². The van der Waals surface area contributed by atoms with Crippen molar-refractivity contribution in [3.63, 3.8) is 0 Å². The fourth-order valence-electron chi connectivity index (χ4n) is 3.56. The third kappa shape index (κ3) is 2.55. The zero-order valence-corrected chi connectivity index (χ0v) is 12.5. The fraction of sp³-hybridized carbons (Fsp3) is 0.867. The second-order valence-corrected chi connectivity index (χ2v) is 7.23. The first-order valence-electron chi connectivity index (χ1n) is 7.39. The lowest BCUT2D eigenvalue weighted by Gasteiger charge is -2.39. The lowest BCUT2D eigenvalue weighted by Crippen LogP contribution is -2.54. The monoisotopic (exact) mass is 283 g/mol. The number of rotatable bonds is 4. The molecule has 2 unspecified atom stereocenters. The molecule has 2 aliphatic carbocycles. The number of aliphatic hydroxyl groups is 1. The van der Waals surface area contributed by atoms with Crippen LogP contribution in [0.25, 0.3) is 0 Å².